The molecule has 5 saturated carbocycles. The van der Waals surface area contributed by atoms with Gasteiger partial charge in [-0.05, 0) is 90.9 Å². The maximum atomic E-state index is 12.9. The van der Waals surface area contributed by atoms with Crippen molar-refractivity contribution in [2.24, 2.45) is 44.6 Å². The summed E-state index contributed by atoms with van der Waals surface area (Å²) in [6, 6.07) is 0.361. The van der Waals surface area contributed by atoms with Crippen LogP contribution in [0.25, 0.3) is 0 Å². The fraction of sp³-hybridized carbons (Fsp3) is 0.875. The smallest absolute Gasteiger partial charge is 0.159 e. The van der Waals surface area contributed by atoms with Crippen LogP contribution < -0.4 is 5.73 Å². The van der Waals surface area contributed by atoms with Crippen LogP contribution in [-0.4, -0.2) is 11.8 Å². The molecule has 7 atom stereocenters. The summed E-state index contributed by atoms with van der Waals surface area (Å²) < 4.78 is 0. The predicted molar refractivity (Wildman–Crippen MR) is 106 cm³/mol. The summed E-state index contributed by atoms with van der Waals surface area (Å²) in [6.45, 7) is 11.9. The van der Waals surface area contributed by atoms with E-state index in [1.807, 2.05) is 0 Å². The van der Waals surface area contributed by atoms with Gasteiger partial charge in [0.2, 0.25) is 0 Å². The summed E-state index contributed by atoms with van der Waals surface area (Å²) in [5.74, 6) is 1.97. The molecule has 0 unspecified atom stereocenters. The Balaban J connectivity index is 1.59. The largest absolute Gasteiger partial charge is 0.327 e. The molecule has 5 rings (SSSR count). The number of hydrogen-bond donors (Lipinski definition) is 1. The fourth-order valence-electron chi connectivity index (χ4n) is 9.54. The maximum Gasteiger partial charge on any atom is 0.159 e. The number of carbonyl (C=O) groups excluding carboxylic acids is 1. The number of fused-ring (bicyclic) bond motifs is 2. The first-order chi connectivity index (χ1) is 12.1. The van der Waals surface area contributed by atoms with E-state index in [2.05, 4.69) is 40.7 Å². The first-order valence-electron chi connectivity index (χ1n) is 11.0. The molecule has 0 amide bonds. The van der Waals surface area contributed by atoms with E-state index in [-0.39, 0.29) is 16.2 Å². The van der Waals surface area contributed by atoms with Crippen molar-refractivity contribution in [3.05, 3.63) is 11.6 Å². The highest BCUT2D eigenvalue weighted by molar-refractivity contribution is 6.00. The zero-order chi connectivity index (χ0) is 18.8. The summed E-state index contributed by atoms with van der Waals surface area (Å²) in [5, 5.41) is 0. The highest BCUT2D eigenvalue weighted by atomic mass is 16.1. The molecule has 5 aliphatic carbocycles. The third-order valence-electron chi connectivity index (χ3n) is 11.1. The van der Waals surface area contributed by atoms with Crippen molar-refractivity contribution >= 4 is 5.78 Å². The van der Waals surface area contributed by atoms with E-state index in [1.165, 1.54) is 44.9 Å². The average Bonchev–Trinajstić information content (AvgIpc) is 3.18. The van der Waals surface area contributed by atoms with Crippen molar-refractivity contribution in [3.63, 3.8) is 0 Å². The molecular weight excluding hydrogens is 318 g/mol. The van der Waals surface area contributed by atoms with Gasteiger partial charge in [0.25, 0.3) is 0 Å². The van der Waals surface area contributed by atoms with E-state index >= 15 is 0 Å². The SMILES string of the molecule is C/C=C1\C(=O)C[C@@]2(C)[C@@H]3CC[C@H]4C(C)(C)[C@@H](N)CC[C@@]45C[C@@]35CC[C@]12C. The molecule has 0 saturated heterocycles. The standard InChI is InChI=1S/C24H37NO/c1-6-15-16(26)13-22(5)18-8-7-17-20(2,3)19(25)9-10-23(17)14-24(18,23)12-11-21(15,22)4/h6,17-19H,7-14,25H2,1-5H3/b15-6+/t17-,18-,19-,21+,22-,23+,24-/m0/s1. The normalized spacial score (nSPS) is 58.6. The van der Waals surface area contributed by atoms with Crippen molar-refractivity contribution in [2.75, 3.05) is 0 Å². The zero-order valence-corrected chi connectivity index (χ0v) is 17.5. The predicted octanol–water partition coefficient (Wildman–Crippen LogP) is 5.26. The van der Waals surface area contributed by atoms with Crippen LogP contribution >= 0.6 is 0 Å². The molecule has 0 heterocycles. The summed E-state index contributed by atoms with van der Waals surface area (Å²) in [6.07, 6.45) is 12.1. The molecule has 2 nitrogen and oxygen atoms in total. The van der Waals surface area contributed by atoms with Gasteiger partial charge in [0, 0.05) is 17.9 Å². The van der Waals surface area contributed by atoms with E-state index < -0.39 is 0 Å². The van der Waals surface area contributed by atoms with Crippen LogP contribution in [-0.2, 0) is 4.79 Å². The Bertz CT molecular complexity index is 722. The molecule has 2 N–H and O–H groups in total. The Labute approximate surface area is 159 Å². The second kappa shape index (κ2) is 4.67. The van der Waals surface area contributed by atoms with Gasteiger partial charge in [-0.25, -0.2) is 0 Å². The van der Waals surface area contributed by atoms with Crippen molar-refractivity contribution < 1.29 is 4.79 Å². The van der Waals surface area contributed by atoms with E-state index in [1.54, 1.807) is 0 Å². The first-order valence-corrected chi connectivity index (χ1v) is 11.0. The number of rotatable bonds is 0. The van der Waals surface area contributed by atoms with Crippen LogP contribution in [0, 0.1) is 38.9 Å². The highest BCUT2D eigenvalue weighted by Gasteiger charge is 2.82. The second-order valence-electron chi connectivity index (χ2n) is 11.7. The van der Waals surface area contributed by atoms with Crippen LogP contribution in [0.2, 0.25) is 0 Å². The van der Waals surface area contributed by atoms with Gasteiger partial charge in [-0.1, -0.05) is 33.8 Å². The Morgan fingerprint density at radius 2 is 1.62 bits per heavy atom. The molecular formula is C24H37NO. The third-order valence-corrected chi connectivity index (χ3v) is 11.1. The minimum Gasteiger partial charge on any atom is -0.327 e. The third kappa shape index (κ3) is 1.57. The minimum absolute atomic E-state index is 0.103. The molecule has 26 heavy (non-hydrogen) atoms. The number of nitrogens with two attached hydrogens (primary N) is 1. The summed E-state index contributed by atoms with van der Waals surface area (Å²) in [4.78, 5) is 12.9. The molecule has 2 spiro atoms. The summed E-state index contributed by atoms with van der Waals surface area (Å²) >= 11 is 0. The second-order valence-corrected chi connectivity index (χ2v) is 11.7. The number of Topliss-reactive ketones (excluding diaryl/α,β-unsaturated/α-hetero) is 1. The van der Waals surface area contributed by atoms with Crippen LogP contribution in [0.15, 0.2) is 11.6 Å². The lowest BCUT2D eigenvalue weighted by Gasteiger charge is -2.62. The van der Waals surface area contributed by atoms with Gasteiger partial charge < -0.3 is 5.73 Å². The number of carbonyl (C=O) groups is 1. The van der Waals surface area contributed by atoms with Crippen molar-refractivity contribution in [1.82, 2.24) is 0 Å². The van der Waals surface area contributed by atoms with Gasteiger partial charge in [0.1, 0.15) is 0 Å². The van der Waals surface area contributed by atoms with Crippen LogP contribution in [0.5, 0.6) is 0 Å². The van der Waals surface area contributed by atoms with Gasteiger partial charge in [0.15, 0.2) is 5.78 Å². The van der Waals surface area contributed by atoms with E-state index in [4.69, 9.17) is 5.73 Å². The zero-order valence-electron chi connectivity index (χ0n) is 17.5. The first kappa shape index (κ1) is 17.5. The molecule has 5 fully saturated rings. The Morgan fingerprint density at radius 3 is 2.31 bits per heavy atom. The lowest BCUT2D eigenvalue weighted by atomic mass is 9.42. The Morgan fingerprint density at radius 1 is 0.962 bits per heavy atom. The molecule has 0 aromatic rings. The van der Waals surface area contributed by atoms with Crippen LogP contribution in [0.3, 0.4) is 0 Å². The lowest BCUT2D eigenvalue weighted by molar-refractivity contribution is -0.128. The quantitative estimate of drug-likeness (QED) is 0.602. The Hall–Kier alpha value is -0.630. The van der Waals surface area contributed by atoms with Crippen LogP contribution in [0.4, 0.5) is 0 Å². The monoisotopic (exact) mass is 355 g/mol. The Kier molecular flexibility index (Phi) is 3.14. The average molecular weight is 356 g/mol. The summed E-state index contributed by atoms with van der Waals surface area (Å²) in [5.41, 5.74) is 9.35. The molecule has 0 aromatic heterocycles. The molecule has 144 valence electrons. The highest BCUT2D eigenvalue weighted by Crippen LogP contribution is 2.88. The van der Waals surface area contributed by atoms with Gasteiger partial charge in [-0.2, -0.15) is 0 Å². The summed E-state index contributed by atoms with van der Waals surface area (Å²) in [7, 11) is 0. The molecule has 5 aliphatic rings. The fourth-order valence-corrected chi connectivity index (χ4v) is 9.54. The number of allylic oxidation sites excluding steroid dienone is 2. The minimum atomic E-state index is 0.103. The lowest BCUT2D eigenvalue weighted by Crippen LogP contribution is -2.58. The van der Waals surface area contributed by atoms with Gasteiger partial charge in [-0.3, -0.25) is 4.79 Å². The van der Waals surface area contributed by atoms with Gasteiger partial charge in [0.05, 0.1) is 0 Å². The van der Waals surface area contributed by atoms with Crippen molar-refractivity contribution in [2.45, 2.75) is 92.0 Å². The number of ketones is 1. The van der Waals surface area contributed by atoms with E-state index in [0.717, 1.165) is 23.8 Å². The van der Waals surface area contributed by atoms with E-state index in [9.17, 15) is 4.79 Å². The topological polar surface area (TPSA) is 43.1 Å². The van der Waals surface area contributed by atoms with Crippen LogP contribution in [0.1, 0.15) is 86.0 Å². The molecule has 2 heteroatoms. The molecule has 0 aliphatic heterocycles. The van der Waals surface area contributed by atoms with E-state index in [0.29, 0.717) is 22.7 Å². The van der Waals surface area contributed by atoms with Crippen molar-refractivity contribution in [3.8, 4) is 0 Å². The number of hydrogen-bond acceptors (Lipinski definition) is 2. The van der Waals surface area contributed by atoms with Crippen molar-refractivity contribution in [1.29, 1.82) is 0 Å². The maximum absolute atomic E-state index is 12.9. The molecule has 0 aromatic carbocycles. The molecule has 0 bridgehead atoms. The van der Waals surface area contributed by atoms with Gasteiger partial charge >= 0.3 is 0 Å². The molecule has 0 radical (unpaired) electrons. The van der Waals surface area contributed by atoms with Gasteiger partial charge in [-0.15, -0.1) is 0 Å².